The average Bonchev–Trinajstić information content (AvgIpc) is 2.83. The number of para-hydroxylation sites is 1. The normalized spacial score (nSPS) is 19.4. The Morgan fingerprint density at radius 3 is 2.24 bits per heavy atom. The third kappa shape index (κ3) is 6.26. The van der Waals surface area contributed by atoms with Gasteiger partial charge in [0.25, 0.3) is 0 Å². The zero-order valence-corrected chi connectivity index (χ0v) is 21.5. The molecule has 182 valence electrons. The molecule has 0 spiro atoms. The highest BCUT2D eigenvalue weighted by Gasteiger charge is 2.22. The summed E-state index contributed by atoms with van der Waals surface area (Å²) in [5, 5.41) is 8.55. The van der Waals surface area contributed by atoms with Crippen molar-refractivity contribution in [3.05, 3.63) is 59.7 Å². The van der Waals surface area contributed by atoms with Crippen LogP contribution >= 0.6 is 0 Å². The molecule has 5 nitrogen and oxygen atoms in total. The molecule has 1 aliphatic carbocycles. The van der Waals surface area contributed by atoms with Crippen LogP contribution in [0.2, 0.25) is 0 Å². The molecule has 0 radical (unpaired) electrons. The monoisotopic (exact) mass is 459 g/mol. The number of hydrogen-bond acceptors (Lipinski definition) is 5. The van der Waals surface area contributed by atoms with Gasteiger partial charge in [-0.15, -0.1) is 0 Å². The second kappa shape index (κ2) is 11.2. The van der Waals surface area contributed by atoms with Crippen LogP contribution < -0.4 is 15.5 Å². The van der Waals surface area contributed by atoms with Crippen LogP contribution in [0.4, 0.5) is 11.8 Å². The predicted molar refractivity (Wildman–Crippen MR) is 145 cm³/mol. The Morgan fingerprint density at radius 1 is 0.882 bits per heavy atom. The first-order valence-corrected chi connectivity index (χ1v) is 12.9. The second-order valence-corrected chi connectivity index (χ2v) is 10.6. The summed E-state index contributed by atoms with van der Waals surface area (Å²) in [5.74, 6) is 2.95. The Bertz CT molecular complexity index is 1050. The van der Waals surface area contributed by atoms with Gasteiger partial charge in [0.15, 0.2) is 0 Å². The Morgan fingerprint density at radius 2 is 1.56 bits per heavy atom. The van der Waals surface area contributed by atoms with E-state index in [1.165, 1.54) is 24.0 Å². The third-order valence-corrected chi connectivity index (χ3v) is 7.05. The lowest BCUT2D eigenvalue weighted by molar-refractivity contribution is 0.336. The van der Waals surface area contributed by atoms with E-state index in [0.717, 1.165) is 48.5 Å². The number of nitrogens with one attached hydrogen (secondary N) is 2. The van der Waals surface area contributed by atoms with Crippen molar-refractivity contribution < 1.29 is 0 Å². The number of hydrogen-bond donors (Lipinski definition) is 2. The van der Waals surface area contributed by atoms with Crippen LogP contribution in [0.5, 0.6) is 0 Å². The molecule has 5 heteroatoms. The highest BCUT2D eigenvalue weighted by atomic mass is 15.2. The van der Waals surface area contributed by atoms with E-state index >= 15 is 0 Å². The SMILES string of the molecule is CC(CNC1CCC(Nc2nc(N(C)C)c3ccccc3n2)CC1)Cc1ccc(C(C)C)cc1. The topological polar surface area (TPSA) is 53.1 Å². The summed E-state index contributed by atoms with van der Waals surface area (Å²) >= 11 is 0. The fourth-order valence-electron chi connectivity index (χ4n) is 4.97. The number of anilines is 2. The van der Waals surface area contributed by atoms with Gasteiger partial charge >= 0.3 is 0 Å². The number of aromatic nitrogens is 2. The van der Waals surface area contributed by atoms with Crippen molar-refractivity contribution in [1.29, 1.82) is 0 Å². The van der Waals surface area contributed by atoms with Gasteiger partial charge in [-0.25, -0.2) is 4.98 Å². The van der Waals surface area contributed by atoms with Gasteiger partial charge in [-0.3, -0.25) is 0 Å². The molecule has 1 fully saturated rings. The molecule has 2 N–H and O–H groups in total. The highest BCUT2D eigenvalue weighted by Crippen LogP contribution is 2.26. The van der Waals surface area contributed by atoms with Gasteiger partial charge in [0.05, 0.1) is 5.52 Å². The van der Waals surface area contributed by atoms with Gasteiger partial charge in [-0.05, 0) is 73.7 Å². The quantitative estimate of drug-likeness (QED) is 0.410. The lowest BCUT2D eigenvalue weighted by atomic mass is 9.90. The van der Waals surface area contributed by atoms with Crippen LogP contribution in [0.3, 0.4) is 0 Å². The van der Waals surface area contributed by atoms with Crippen molar-refractivity contribution in [2.24, 2.45) is 5.92 Å². The third-order valence-electron chi connectivity index (χ3n) is 7.05. The first-order chi connectivity index (χ1) is 16.4. The minimum Gasteiger partial charge on any atom is -0.362 e. The molecule has 1 aromatic heterocycles. The van der Waals surface area contributed by atoms with E-state index in [1.54, 1.807) is 0 Å². The van der Waals surface area contributed by atoms with E-state index in [-0.39, 0.29) is 0 Å². The van der Waals surface area contributed by atoms with Crippen molar-refractivity contribution in [3.63, 3.8) is 0 Å². The van der Waals surface area contributed by atoms with Crippen molar-refractivity contribution in [3.8, 4) is 0 Å². The first kappa shape index (κ1) is 24.5. The summed E-state index contributed by atoms with van der Waals surface area (Å²) in [4.78, 5) is 11.7. The summed E-state index contributed by atoms with van der Waals surface area (Å²) in [7, 11) is 4.08. The molecule has 0 aliphatic heterocycles. The van der Waals surface area contributed by atoms with E-state index in [1.807, 2.05) is 26.2 Å². The van der Waals surface area contributed by atoms with E-state index in [9.17, 15) is 0 Å². The molecular weight excluding hydrogens is 418 g/mol. The standard InChI is InChI=1S/C29H41N5/c1-20(2)23-12-10-22(11-13-23)18-21(3)19-30-24-14-16-25(17-15-24)31-29-32-27-9-7-6-8-26(27)28(33-29)34(4)5/h6-13,20-21,24-25,30H,14-19H2,1-5H3,(H,31,32,33). The summed E-state index contributed by atoms with van der Waals surface area (Å²) < 4.78 is 0. The minimum atomic E-state index is 0.436. The highest BCUT2D eigenvalue weighted by molar-refractivity contribution is 5.90. The molecule has 1 heterocycles. The zero-order valence-electron chi connectivity index (χ0n) is 21.5. The fraction of sp³-hybridized carbons (Fsp3) is 0.517. The number of fused-ring (bicyclic) bond motifs is 1. The molecule has 1 aliphatic rings. The Labute approximate surface area is 205 Å². The molecule has 1 unspecified atom stereocenters. The van der Waals surface area contributed by atoms with E-state index in [2.05, 4.69) is 72.7 Å². The lowest BCUT2D eigenvalue weighted by Gasteiger charge is -2.31. The van der Waals surface area contributed by atoms with Crippen LogP contribution in [0.25, 0.3) is 10.9 Å². The molecule has 0 saturated heterocycles. The summed E-state index contributed by atoms with van der Waals surface area (Å²) in [6.07, 6.45) is 5.82. The molecule has 0 amide bonds. The maximum absolute atomic E-state index is 4.82. The van der Waals surface area contributed by atoms with Gasteiger partial charge in [0.2, 0.25) is 5.95 Å². The minimum absolute atomic E-state index is 0.436. The smallest absolute Gasteiger partial charge is 0.225 e. The lowest BCUT2D eigenvalue weighted by Crippen LogP contribution is -2.39. The molecule has 3 aromatic rings. The van der Waals surface area contributed by atoms with Crippen LogP contribution in [-0.2, 0) is 6.42 Å². The van der Waals surface area contributed by atoms with Crippen LogP contribution in [0.1, 0.15) is 63.5 Å². The Kier molecular flexibility index (Phi) is 8.04. The van der Waals surface area contributed by atoms with Gasteiger partial charge in [-0.2, -0.15) is 4.98 Å². The molecule has 1 atom stereocenters. The Hall–Kier alpha value is -2.66. The number of nitrogens with zero attached hydrogens (tertiary/aromatic N) is 3. The molecule has 0 bridgehead atoms. The largest absolute Gasteiger partial charge is 0.362 e. The van der Waals surface area contributed by atoms with Crippen molar-refractivity contribution >= 4 is 22.7 Å². The maximum atomic E-state index is 4.82. The predicted octanol–water partition coefficient (Wildman–Crippen LogP) is 6.01. The Balaban J connectivity index is 1.24. The molecule has 4 rings (SSSR count). The second-order valence-electron chi connectivity index (χ2n) is 10.6. The van der Waals surface area contributed by atoms with Crippen molar-refractivity contribution in [1.82, 2.24) is 15.3 Å². The molecule has 2 aromatic carbocycles. The first-order valence-electron chi connectivity index (χ1n) is 12.9. The van der Waals surface area contributed by atoms with E-state index < -0.39 is 0 Å². The number of rotatable bonds is 9. The van der Waals surface area contributed by atoms with Crippen LogP contribution in [0.15, 0.2) is 48.5 Å². The van der Waals surface area contributed by atoms with E-state index in [0.29, 0.717) is 23.9 Å². The van der Waals surface area contributed by atoms with Crippen molar-refractivity contribution in [2.45, 2.75) is 70.9 Å². The average molecular weight is 460 g/mol. The molecule has 1 saturated carbocycles. The van der Waals surface area contributed by atoms with Gasteiger partial charge in [0, 0.05) is 31.6 Å². The van der Waals surface area contributed by atoms with Crippen LogP contribution in [-0.4, -0.2) is 42.7 Å². The molecule has 34 heavy (non-hydrogen) atoms. The summed E-state index contributed by atoms with van der Waals surface area (Å²) in [6, 6.07) is 18.5. The van der Waals surface area contributed by atoms with Crippen LogP contribution in [0, 0.1) is 5.92 Å². The number of benzene rings is 2. The van der Waals surface area contributed by atoms with Crippen molar-refractivity contribution in [2.75, 3.05) is 30.9 Å². The summed E-state index contributed by atoms with van der Waals surface area (Å²) in [6.45, 7) is 7.94. The van der Waals surface area contributed by atoms with Gasteiger partial charge in [0.1, 0.15) is 5.82 Å². The fourth-order valence-corrected chi connectivity index (χ4v) is 4.97. The summed E-state index contributed by atoms with van der Waals surface area (Å²) in [5.41, 5.74) is 3.86. The molecular formula is C29H41N5. The van der Waals surface area contributed by atoms with E-state index in [4.69, 9.17) is 9.97 Å². The maximum Gasteiger partial charge on any atom is 0.225 e. The van der Waals surface area contributed by atoms with Gasteiger partial charge in [-0.1, -0.05) is 57.2 Å². The zero-order chi connectivity index (χ0) is 24.1. The van der Waals surface area contributed by atoms with Gasteiger partial charge < -0.3 is 15.5 Å².